The first-order chi connectivity index (χ1) is 3.71. The van der Waals surface area contributed by atoms with E-state index < -0.39 is 6.62 Å². The average molecular weight is 187 g/mol. The van der Waals surface area contributed by atoms with Gasteiger partial charge in [0.1, 0.15) is 6.62 Å². The Bertz CT molecular complexity index is 75.1. The lowest BCUT2D eigenvalue weighted by atomic mass is 10.3. The zero-order valence-corrected chi connectivity index (χ0v) is 8.14. The number of hydrogen-bond acceptors (Lipinski definition) is 0. The summed E-state index contributed by atoms with van der Waals surface area (Å²) in [7, 11) is 0. The van der Waals surface area contributed by atoms with Gasteiger partial charge in [0.2, 0.25) is 0 Å². The molecule has 0 aromatic rings. The van der Waals surface area contributed by atoms with Crippen molar-refractivity contribution in [3.05, 3.63) is 0 Å². The van der Waals surface area contributed by atoms with Gasteiger partial charge < -0.3 is 12.4 Å². The van der Waals surface area contributed by atoms with Gasteiger partial charge in [-0.1, -0.05) is 0 Å². The van der Waals surface area contributed by atoms with Gasteiger partial charge in [-0.25, -0.2) is 0 Å². The fourth-order valence-corrected chi connectivity index (χ4v) is 3.88. The molecule has 1 fully saturated rings. The minimum atomic E-state index is -0.864. The van der Waals surface area contributed by atoms with Gasteiger partial charge in [-0.05, 0) is 19.3 Å². The van der Waals surface area contributed by atoms with Crippen LogP contribution in [0.5, 0.6) is 0 Å². The summed E-state index contributed by atoms with van der Waals surface area (Å²) in [6.45, 7) is 1.39. The highest BCUT2D eigenvalue weighted by Gasteiger charge is 2.31. The van der Waals surface area contributed by atoms with Gasteiger partial charge in [-0.15, -0.1) is 0 Å². The Morgan fingerprint density at radius 1 is 1.11 bits per heavy atom. The van der Waals surface area contributed by atoms with Crippen LogP contribution in [0.1, 0.15) is 19.3 Å². The normalized spacial score (nSPS) is 24.7. The Morgan fingerprint density at radius 3 is 1.78 bits per heavy atom. The summed E-state index contributed by atoms with van der Waals surface area (Å²) in [5, 5.41) is 0. The molecule has 1 aliphatic rings. The molecular formula is C6H13Cl2P. The molecule has 0 N–H and O–H groups in total. The number of hydrogen-bond donors (Lipinski definition) is 0. The van der Waals surface area contributed by atoms with Gasteiger partial charge in [0.25, 0.3) is 0 Å². The molecule has 56 valence electrons. The molecular weight excluding hydrogens is 174 g/mol. The first-order valence-electron chi connectivity index (χ1n) is 3.25. The standard InChI is InChI=1S/C6H13ClP.ClH/c1-8(7)5-3-2-4-6-8;/h2-6H2,1H3;1H/q+1;/p-1. The quantitative estimate of drug-likeness (QED) is 0.467. The summed E-state index contributed by atoms with van der Waals surface area (Å²) in [5.74, 6) is 0. The smallest absolute Gasteiger partial charge is 0.110 e. The molecule has 0 nitrogen and oxygen atoms in total. The maximum absolute atomic E-state index is 6.18. The van der Waals surface area contributed by atoms with E-state index >= 15 is 0 Å². The maximum Gasteiger partial charge on any atom is 0.110 e. The Labute approximate surface area is 68.9 Å². The Morgan fingerprint density at radius 2 is 1.56 bits per heavy atom. The second-order valence-electron chi connectivity index (χ2n) is 2.77. The summed E-state index contributed by atoms with van der Waals surface area (Å²) in [5.41, 5.74) is 0. The Hall–Kier alpha value is 1.01. The molecule has 0 spiro atoms. The first-order valence-corrected chi connectivity index (χ1v) is 6.76. The molecule has 0 saturated carbocycles. The SMILES string of the molecule is C[P+]1(Cl)CCCCC1.[Cl-]. The van der Waals surface area contributed by atoms with E-state index in [1.165, 1.54) is 31.6 Å². The van der Waals surface area contributed by atoms with Gasteiger partial charge in [0, 0.05) is 0 Å². The molecule has 0 aliphatic carbocycles. The summed E-state index contributed by atoms with van der Waals surface area (Å²) >= 11 is 6.18. The van der Waals surface area contributed by atoms with Crippen LogP contribution in [0.25, 0.3) is 0 Å². The average Bonchev–Trinajstić information content (AvgIpc) is 1.65. The molecule has 0 amide bonds. The van der Waals surface area contributed by atoms with Crippen LogP contribution in [0.15, 0.2) is 0 Å². The van der Waals surface area contributed by atoms with Crippen LogP contribution in [0.4, 0.5) is 0 Å². The van der Waals surface area contributed by atoms with Crippen molar-refractivity contribution in [2.24, 2.45) is 0 Å². The molecule has 9 heavy (non-hydrogen) atoms. The van der Waals surface area contributed by atoms with Crippen LogP contribution >= 0.6 is 17.9 Å². The summed E-state index contributed by atoms with van der Waals surface area (Å²) in [6.07, 6.45) is 6.84. The minimum Gasteiger partial charge on any atom is -1.00 e. The van der Waals surface area contributed by atoms with Crippen molar-refractivity contribution < 1.29 is 12.4 Å². The summed E-state index contributed by atoms with van der Waals surface area (Å²) in [4.78, 5) is 0. The molecule has 0 atom stereocenters. The lowest BCUT2D eigenvalue weighted by molar-refractivity contribution is -0.00000175. The molecule has 3 heteroatoms. The van der Waals surface area contributed by atoms with E-state index in [1.54, 1.807) is 0 Å². The van der Waals surface area contributed by atoms with Gasteiger partial charge in [-0.3, -0.25) is 0 Å². The van der Waals surface area contributed by atoms with Crippen molar-refractivity contribution in [3.8, 4) is 0 Å². The van der Waals surface area contributed by atoms with Crippen LogP contribution < -0.4 is 12.4 Å². The predicted molar refractivity (Wildman–Crippen MR) is 42.3 cm³/mol. The second kappa shape index (κ2) is 4.01. The van der Waals surface area contributed by atoms with Crippen molar-refractivity contribution >= 4 is 17.9 Å². The molecule has 1 saturated heterocycles. The van der Waals surface area contributed by atoms with Gasteiger partial charge in [0.05, 0.1) is 30.2 Å². The van der Waals surface area contributed by atoms with Gasteiger partial charge in [0.15, 0.2) is 0 Å². The van der Waals surface area contributed by atoms with E-state index in [2.05, 4.69) is 6.66 Å². The Kier molecular flexibility index (Phi) is 4.46. The van der Waals surface area contributed by atoms with Crippen LogP contribution in [0, 0.1) is 0 Å². The molecule has 0 unspecified atom stereocenters. The van der Waals surface area contributed by atoms with Crippen LogP contribution in [-0.4, -0.2) is 19.0 Å². The number of rotatable bonds is 0. The van der Waals surface area contributed by atoms with Gasteiger partial charge >= 0.3 is 0 Å². The molecule has 0 bridgehead atoms. The Balaban J connectivity index is 0.000000640. The van der Waals surface area contributed by atoms with Crippen molar-refractivity contribution in [1.29, 1.82) is 0 Å². The van der Waals surface area contributed by atoms with E-state index in [1.807, 2.05) is 0 Å². The van der Waals surface area contributed by atoms with E-state index in [0.29, 0.717) is 0 Å². The van der Waals surface area contributed by atoms with Crippen molar-refractivity contribution in [2.45, 2.75) is 19.3 Å². The topological polar surface area (TPSA) is 0 Å². The largest absolute Gasteiger partial charge is 1.00 e. The number of halogens is 2. The second-order valence-corrected chi connectivity index (χ2v) is 8.64. The third-order valence-corrected chi connectivity index (χ3v) is 5.26. The summed E-state index contributed by atoms with van der Waals surface area (Å²) < 4.78 is 0. The molecule has 1 heterocycles. The fourth-order valence-electron chi connectivity index (χ4n) is 1.17. The molecule has 0 aromatic heterocycles. The summed E-state index contributed by atoms with van der Waals surface area (Å²) in [6, 6.07) is 0. The highest BCUT2D eigenvalue weighted by molar-refractivity contribution is 7.98. The lowest BCUT2D eigenvalue weighted by Crippen LogP contribution is -3.00. The van der Waals surface area contributed by atoms with Crippen LogP contribution in [0.3, 0.4) is 0 Å². The van der Waals surface area contributed by atoms with Crippen LogP contribution in [-0.2, 0) is 0 Å². The van der Waals surface area contributed by atoms with Gasteiger partial charge in [-0.2, -0.15) is 0 Å². The van der Waals surface area contributed by atoms with Crippen molar-refractivity contribution in [3.63, 3.8) is 0 Å². The van der Waals surface area contributed by atoms with E-state index in [9.17, 15) is 0 Å². The van der Waals surface area contributed by atoms with E-state index in [4.69, 9.17) is 11.2 Å². The van der Waals surface area contributed by atoms with Crippen molar-refractivity contribution in [1.82, 2.24) is 0 Å². The highest BCUT2D eigenvalue weighted by Crippen LogP contribution is 2.63. The zero-order valence-electron chi connectivity index (χ0n) is 5.74. The monoisotopic (exact) mass is 186 g/mol. The highest BCUT2D eigenvalue weighted by atomic mass is 35.7. The predicted octanol–water partition coefficient (Wildman–Crippen LogP) is -0.0245. The molecule has 0 aromatic carbocycles. The minimum absolute atomic E-state index is 0. The molecule has 0 radical (unpaired) electrons. The molecule has 1 aliphatic heterocycles. The first kappa shape index (κ1) is 10.0. The van der Waals surface area contributed by atoms with E-state index in [-0.39, 0.29) is 12.4 Å². The maximum atomic E-state index is 6.18. The van der Waals surface area contributed by atoms with Crippen molar-refractivity contribution in [2.75, 3.05) is 19.0 Å². The lowest BCUT2D eigenvalue weighted by Gasteiger charge is -2.17. The molecule has 1 rings (SSSR count). The fraction of sp³-hybridized carbons (Fsp3) is 1.00. The third-order valence-electron chi connectivity index (χ3n) is 1.75. The third kappa shape index (κ3) is 3.65. The zero-order chi connectivity index (χ0) is 6.04. The van der Waals surface area contributed by atoms with Crippen LogP contribution in [0.2, 0.25) is 0 Å². The van der Waals surface area contributed by atoms with E-state index in [0.717, 1.165) is 0 Å².